The molecule has 0 aliphatic carbocycles. The van der Waals surface area contributed by atoms with E-state index in [0.717, 1.165) is 50.2 Å². The summed E-state index contributed by atoms with van der Waals surface area (Å²) in [5.74, 6) is 0.409. The van der Waals surface area contributed by atoms with Crippen LogP contribution in [-0.2, 0) is 11.2 Å². The van der Waals surface area contributed by atoms with Gasteiger partial charge in [0, 0.05) is 25.2 Å². The van der Waals surface area contributed by atoms with E-state index in [0.29, 0.717) is 5.75 Å². The summed E-state index contributed by atoms with van der Waals surface area (Å²) in [7, 11) is 0. The number of phenolic OH excluding ortho intramolecular Hbond substituents is 1. The molecule has 3 nitrogen and oxygen atoms in total. The highest BCUT2D eigenvalue weighted by Gasteiger charge is 2.12. The molecule has 0 saturated carbocycles. The molecular formula is C16H19NO2. The van der Waals surface area contributed by atoms with Crippen molar-refractivity contribution in [3.8, 4) is 5.75 Å². The molecule has 1 aliphatic heterocycles. The predicted molar refractivity (Wildman–Crippen MR) is 76.6 cm³/mol. The Hall–Kier alpha value is -1.58. The Labute approximate surface area is 113 Å². The van der Waals surface area contributed by atoms with Gasteiger partial charge in [0.25, 0.3) is 0 Å². The fourth-order valence-corrected chi connectivity index (χ4v) is 2.68. The number of nitrogens with zero attached hydrogens (tertiary/aromatic N) is 1. The quantitative estimate of drug-likeness (QED) is 0.916. The van der Waals surface area contributed by atoms with Crippen LogP contribution >= 0.6 is 0 Å². The van der Waals surface area contributed by atoms with Gasteiger partial charge in [-0.3, -0.25) is 4.90 Å². The van der Waals surface area contributed by atoms with Gasteiger partial charge in [0.15, 0.2) is 0 Å². The van der Waals surface area contributed by atoms with Crippen molar-refractivity contribution in [2.45, 2.75) is 6.42 Å². The fourth-order valence-electron chi connectivity index (χ4n) is 2.68. The first-order valence-electron chi connectivity index (χ1n) is 6.84. The van der Waals surface area contributed by atoms with Crippen molar-refractivity contribution in [3.05, 3.63) is 42.0 Å². The van der Waals surface area contributed by atoms with E-state index in [9.17, 15) is 5.11 Å². The van der Waals surface area contributed by atoms with Crippen molar-refractivity contribution in [2.24, 2.45) is 0 Å². The Bertz CT molecular complexity index is 562. The molecule has 1 fully saturated rings. The smallest absolute Gasteiger partial charge is 0.119 e. The Kier molecular flexibility index (Phi) is 3.67. The van der Waals surface area contributed by atoms with Gasteiger partial charge < -0.3 is 9.84 Å². The third kappa shape index (κ3) is 2.72. The summed E-state index contributed by atoms with van der Waals surface area (Å²) in [4.78, 5) is 2.39. The molecule has 0 unspecified atom stereocenters. The molecule has 0 bridgehead atoms. The zero-order valence-electron chi connectivity index (χ0n) is 11.0. The van der Waals surface area contributed by atoms with Gasteiger partial charge in [-0.15, -0.1) is 0 Å². The van der Waals surface area contributed by atoms with E-state index in [1.807, 2.05) is 18.2 Å². The van der Waals surface area contributed by atoms with Crippen LogP contribution in [0.15, 0.2) is 36.4 Å². The molecule has 3 heteroatoms. The minimum Gasteiger partial charge on any atom is -0.508 e. The molecule has 1 aliphatic rings. The van der Waals surface area contributed by atoms with Crippen LogP contribution in [0.4, 0.5) is 0 Å². The Balaban J connectivity index is 1.81. The first kappa shape index (κ1) is 12.5. The molecule has 2 aromatic carbocycles. The number of aromatic hydroxyl groups is 1. The maximum Gasteiger partial charge on any atom is 0.119 e. The SMILES string of the molecule is Oc1ccc2ccccc2c1CCN1CCOCC1. The molecule has 100 valence electrons. The molecule has 0 radical (unpaired) electrons. The van der Waals surface area contributed by atoms with Crippen LogP contribution in [0.2, 0.25) is 0 Å². The summed E-state index contributed by atoms with van der Waals surface area (Å²) >= 11 is 0. The van der Waals surface area contributed by atoms with E-state index in [4.69, 9.17) is 4.74 Å². The molecule has 3 rings (SSSR count). The van der Waals surface area contributed by atoms with E-state index >= 15 is 0 Å². The molecule has 1 saturated heterocycles. The largest absolute Gasteiger partial charge is 0.508 e. The van der Waals surface area contributed by atoms with E-state index in [2.05, 4.69) is 17.0 Å². The molecular weight excluding hydrogens is 238 g/mol. The van der Waals surface area contributed by atoms with Crippen LogP contribution in [0.5, 0.6) is 5.75 Å². The highest BCUT2D eigenvalue weighted by atomic mass is 16.5. The number of phenols is 1. The van der Waals surface area contributed by atoms with Crippen LogP contribution in [0.25, 0.3) is 10.8 Å². The van der Waals surface area contributed by atoms with Crippen molar-refractivity contribution in [2.75, 3.05) is 32.8 Å². The summed E-state index contributed by atoms with van der Waals surface area (Å²) in [5.41, 5.74) is 1.06. The first-order valence-corrected chi connectivity index (χ1v) is 6.84. The van der Waals surface area contributed by atoms with Crippen LogP contribution in [-0.4, -0.2) is 42.9 Å². The van der Waals surface area contributed by atoms with Gasteiger partial charge in [-0.25, -0.2) is 0 Å². The Morgan fingerprint density at radius 2 is 1.84 bits per heavy atom. The van der Waals surface area contributed by atoms with Gasteiger partial charge in [0.2, 0.25) is 0 Å². The highest BCUT2D eigenvalue weighted by molar-refractivity contribution is 5.87. The molecule has 19 heavy (non-hydrogen) atoms. The third-order valence-electron chi connectivity index (χ3n) is 3.80. The van der Waals surface area contributed by atoms with Gasteiger partial charge in [-0.2, -0.15) is 0 Å². The van der Waals surface area contributed by atoms with Gasteiger partial charge in [-0.05, 0) is 23.3 Å². The molecule has 0 amide bonds. The first-order chi connectivity index (χ1) is 9.34. The van der Waals surface area contributed by atoms with Crippen LogP contribution < -0.4 is 0 Å². The summed E-state index contributed by atoms with van der Waals surface area (Å²) in [6.07, 6.45) is 0.882. The molecule has 1 heterocycles. The molecule has 0 atom stereocenters. The average Bonchev–Trinajstić information content (AvgIpc) is 2.47. The summed E-state index contributed by atoms with van der Waals surface area (Å²) in [5, 5.41) is 12.4. The number of benzene rings is 2. The van der Waals surface area contributed by atoms with Gasteiger partial charge >= 0.3 is 0 Å². The Morgan fingerprint density at radius 3 is 2.68 bits per heavy atom. The second-order valence-corrected chi connectivity index (χ2v) is 4.99. The number of morpholine rings is 1. The van der Waals surface area contributed by atoms with Crippen LogP contribution in [0.1, 0.15) is 5.56 Å². The second kappa shape index (κ2) is 5.59. The maximum atomic E-state index is 10.1. The molecule has 1 N–H and O–H groups in total. The predicted octanol–water partition coefficient (Wildman–Crippen LogP) is 2.42. The number of hydrogen-bond acceptors (Lipinski definition) is 3. The zero-order valence-corrected chi connectivity index (χ0v) is 11.0. The average molecular weight is 257 g/mol. The fraction of sp³-hybridized carbons (Fsp3) is 0.375. The highest BCUT2D eigenvalue weighted by Crippen LogP contribution is 2.27. The summed E-state index contributed by atoms with van der Waals surface area (Å²) < 4.78 is 5.35. The lowest BCUT2D eigenvalue weighted by Gasteiger charge is -2.26. The topological polar surface area (TPSA) is 32.7 Å². The maximum absolute atomic E-state index is 10.1. The monoisotopic (exact) mass is 257 g/mol. The van der Waals surface area contributed by atoms with Crippen LogP contribution in [0, 0.1) is 0 Å². The van der Waals surface area contributed by atoms with Crippen molar-refractivity contribution < 1.29 is 9.84 Å². The Morgan fingerprint density at radius 1 is 1.05 bits per heavy atom. The number of rotatable bonds is 3. The van der Waals surface area contributed by atoms with Crippen molar-refractivity contribution in [3.63, 3.8) is 0 Å². The number of fused-ring (bicyclic) bond motifs is 1. The minimum atomic E-state index is 0.409. The van der Waals surface area contributed by atoms with Crippen molar-refractivity contribution in [1.82, 2.24) is 4.90 Å². The van der Waals surface area contributed by atoms with Crippen LogP contribution in [0.3, 0.4) is 0 Å². The molecule has 0 aromatic heterocycles. The summed E-state index contributed by atoms with van der Waals surface area (Å²) in [6, 6.07) is 12.0. The standard InChI is InChI=1S/C16H19NO2/c18-16-6-5-13-3-1-2-4-14(13)15(16)7-8-17-9-11-19-12-10-17/h1-6,18H,7-12H2. The van der Waals surface area contributed by atoms with Crippen molar-refractivity contribution in [1.29, 1.82) is 0 Å². The molecule has 2 aromatic rings. The lowest BCUT2D eigenvalue weighted by Crippen LogP contribution is -2.37. The third-order valence-corrected chi connectivity index (χ3v) is 3.80. The lowest BCUT2D eigenvalue weighted by molar-refractivity contribution is 0.0384. The van der Waals surface area contributed by atoms with E-state index in [1.54, 1.807) is 6.07 Å². The lowest BCUT2D eigenvalue weighted by atomic mass is 10.0. The normalized spacial score (nSPS) is 16.8. The van der Waals surface area contributed by atoms with Gasteiger partial charge in [0.1, 0.15) is 5.75 Å². The van der Waals surface area contributed by atoms with Gasteiger partial charge in [0.05, 0.1) is 13.2 Å². The van der Waals surface area contributed by atoms with Crippen molar-refractivity contribution >= 4 is 10.8 Å². The minimum absolute atomic E-state index is 0.409. The number of ether oxygens (including phenoxy) is 1. The molecule has 0 spiro atoms. The number of hydrogen-bond donors (Lipinski definition) is 1. The second-order valence-electron chi connectivity index (χ2n) is 4.99. The summed E-state index contributed by atoms with van der Waals surface area (Å²) in [6.45, 7) is 4.60. The van der Waals surface area contributed by atoms with E-state index < -0.39 is 0 Å². The van der Waals surface area contributed by atoms with Gasteiger partial charge in [-0.1, -0.05) is 30.3 Å². The van der Waals surface area contributed by atoms with E-state index in [1.165, 1.54) is 5.39 Å². The zero-order chi connectivity index (χ0) is 13.1. The van der Waals surface area contributed by atoms with E-state index in [-0.39, 0.29) is 0 Å².